The van der Waals surface area contributed by atoms with Gasteiger partial charge in [0.05, 0.1) is 0 Å². The first-order valence-corrected chi connectivity index (χ1v) is 8.18. The quantitative estimate of drug-likeness (QED) is 0.615. The van der Waals surface area contributed by atoms with Crippen molar-refractivity contribution in [2.24, 2.45) is 0 Å². The van der Waals surface area contributed by atoms with Crippen LogP contribution in [0.15, 0.2) is 84.9 Å². The third-order valence-electron chi connectivity index (χ3n) is 4.52. The van der Waals surface area contributed by atoms with Gasteiger partial charge >= 0.3 is 0 Å². The van der Waals surface area contributed by atoms with Crippen LogP contribution in [0.2, 0.25) is 0 Å². The van der Waals surface area contributed by atoms with Crippen molar-refractivity contribution in [1.29, 1.82) is 0 Å². The predicted molar refractivity (Wildman–Crippen MR) is 95.8 cm³/mol. The number of benzene rings is 3. The van der Waals surface area contributed by atoms with Crippen LogP contribution >= 0.6 is 0 Å². The van der Waals surface area contributed by atoms with Gasteiger partial charge in [0.15, 0.2) is 0 Å². The maximum Gasteiger partial charge on any atom is 0.115 e. The standard InChI is InChI=1S/C22H22O/c1-2-17-22(18-9-5-3-6-10-18,19-11-7-4-8-12-19)20-13-15-21(23)16-14-20/h3-16,23H,2,17H2,1H3. The molecule has 0 bridgehead atoms. The fourth-order valence-electron chi connectivity index (χ4n) is 3.50. The van der Waals surface area contributed by atoms with E-state index in [9.17, 15) is 5.11 Å². The number of hydrogen-bond donors (Lipinski definition) is 1. The van der Waals surface area contributed by atoms with Gasteiger partial charge in [-0.25, -0.2) is 0 Å². The Labute approximate surface area is 138 Å². The summed E-state index contributed by atoms with van der Waals surface area (Å²) in [4.78, 5) is 0. The first-order chi connectivity index (χ1) is 11.3. The number of phenols is 1. The fourth-order valence-corrected chi connectivity index (χ4v) is 3.50. The molecule has 3 rings (SSSR count). The van der Waals surface area contributed by atoms with Crippen molar-refractivity contribution in [3.63, 3.8) is 0 Å². The Kier molecular flexibility index (Phi) is 4.47. The van der Waals surface area contributed by atoms with Crippen LogP contribution in [0.25, 0.3) is 0 Å². The monoisotopic (exact) mass is 302 g/mol. The summed E-state index contributed by atoms with van der Waals surface area (Å²) >= 11 is 0. The van der Waals surface area contributed by atoms with Gasteiger partial charge in [0, 0.05) is 5.41 Å². The molecule has 0 radical (unpaired) electrons. The van der Waals surface area contributed by atoms with Crippen molar-refractivity contribution in [3.8, 4) is 5.75 Å². The van der Waals surface area contributed by atoms with E-state index in [4.69, 9.17) is 0 Å². The zero-order valence-corrected chi connectivity index (χ0v) is 13.4. The Morgan fingerprint density at radius 3 is 1.52 bits per heavy atom. The highest BCUT2D eigenvalue weighted by atomic mass is 16.3. The molecule has 0 unspecified atom stereocenters. The largest absolute Gasteiger partial charge is 0.508 e. The zero-order chi connectivity index (χ0) is 16.1. The van der Waals surface area contributed by atoms with Gasteiger partial charge in [-0.05, 0) is 35.2 Å². The molecular formula is C22H22O. The van der Waals surface area contributed by atoms with Crippen LogP contribution in [0.5, 0.6) is 5.75 Å². The summed E-state index contributed by atoms with van der Waals surface area (Å²) in [5, 5.41) is 9.69. The average Bonchev–Trinajstić information content (AvgIpc) is 2.62. The van der Waals surface area contributed by atoms with Gasteiger partial charge < -0.3 is 5.11 Å². The zero-order valence-electron chi connectivity index (χ0n) is 13.4. The normalized spacial score (nSPS) is 11.3. The molecule has 0 aromatic heterocycles. The molecule has 3 aromatic carbocycles. The Bertz CT molecular complexity index is 690. The molecular weight excluding hydrogens is 280 g/mol. The number of phenolic OH excluding ortho intramolecular Hbond substituents is 1. The van der Waals surface area contributed by atoms with Gasteiger partial charge in [0.2, 0.25) is 0 Å². The molecule has 116 valence electrons. The van der Waals surface area contributed by atoms with Gasteiger partial charge in [-0.15, -0.1) is 0 Å². The molecule has 1 heteroatoms. The molecule has 3 aromatic rings. The maximum absolute atomic E-state index is 9.69. The second-order valence-electron chi connectivity index (χ2n) is 5.93. The Morgan fingerprint density at radius 1 is 0.652 bits per heavy atom. The highest BCUT2D eigenvalue weighted by Crippen LogP contribution is 2.43. The van der Waals surface area contributed by atoms with Crippen LogP contribution < -0.4 is 0 Å². The Balaban J connectivity index is 2.28. The van der Waals surface area contributed by atoms with Crippen molar-refractivity contribution < 1.29 is 5.11 Å². The van der Waals surface area contributed by atoms with E-state index in [-0.39, 0.29) is 5.41 Å². The van der Waals surface area contributed by atoms with Gasteiger partial charge in [-0.2, -0.15) is 0 Å². The summed E-state index contributed by atoms with van der Waals surface area (Å²) in [5.41, 5.74) is 3.61. The smallest absolute Gasteiger partial charge is 0.115 e. The van der Waals surface area contributed by atoms with Crippen LogP contribution in [-0.2, 0) is 5.41 Å². The van der Waals surface area contributed by atoms with E-state index in [1.54, 1.807) is 12.1 Å². The van der Waals surface area contributed by atoms with Crippen LogP contribution in [-0.4, -0.2) is 5.11 Å². The van der Waals surface area contributed by atoms with Gasteiger partial charge in [0.25, 0.3) is 0 Å². The van der Waals surface area contributed by atoms with Crippen molar-refractivity contribution in [2.75, 3.05) is 0 Å². The summed E-state index contributed by atoms with van der Waals surface area (Å²) in [5.74, 6) is 0.306. The molecule has 0 heterocycles. The van der Waals surface area contributed by atoms with E-state index >= 15 is 0 Å². The van der Waals surface area contributed by atoms with Crippen molar-refractivity contribution in [1.82, 2.24) is 0 Å². The molecule has 0 aliphatic heterocycles. The second-order valence-corrected chi connectivity index (χ2v) is 5.93. The van der Waals surface area contributed by atoms with Crippen LogP contribution in [0, 0.1) is 0 Å². The summed E-state index contributed by atoms with van der Waals surface area (Å²) in [6, 6.07) is 29.0. The van der Waals surface area contributed by atoms with E-state index in [1.165, 1.54) is 16.7 Å². The second kappa shape index (κ2) is 6.70. The maximum atomic E-state index is 9.69. The van der Waals surface area contributed by atoms with Crippen LogP contribution in [0.3, 0.4) is 0 Å². The third-order valence-corrected chi connectivity index (χ3v) is 4.52. The minimum absolute atomic E-state index is 0.190. The van der Waals surface area contributed by atoms with Crippen molar-refractivity contribution in [2.45, 2.75) is 25.2 Å². The summed E-state index contributed by atoms with van der Waals surface area (Å²) in [7, 11) is 0. The Hall–Kier alpha value is -2.54. The molecule has 0 aliphatic carbocycles. The highest BCUT2D eigenvalue weighted by molar-refractivity contribution is 5.51. The third kappa shape index (κ3) is 2.87. The molecule has 0 saturated heterocycles. The number of rotatable bonds is 5. The topological polar surface area (TPSA) is 20.2 Å². The molecule has 0 spiro atoms. The molecule has 1 nitrogen and oxygen atoms in total. The highest BCUT2D eigenvalue weighted by Gasteiger charge is 2.35. The first-order valence-electron chi connectivity index (χ1n) is 8.18. The predicted octanol–water partition coefficient (Wildman–Crippen LogP) is 5.53. The van der Waals surface area contributed by atoms with Gasteiger partial charge in [-0.1, -0.05) is 86.1 Å². The molecule has 0 aliphatic rings. The minimum Gasteiger partial charge on any atom is -0.508 e. The van der Waals surface area contributed by atoms with Gasteiger partial charge in [-0.3, -0.25) is 0 Å². The molecule has 0 amide bonds. The van der Waals surface area contributed by atoms with Crippen molar-refractivity contribution >= 4 is 0 Å². The van der Waals surface area contributed by atoms with Crippen molar-refractivity contribution in [3.05, 3.63) is 102 Å². The van der Waals surface area contributed by atoms with E-state index in [2.05, 4.69) is 67.6 Å². The molecule has 23 heavy (non-hydrogen) atoms. The lowest BCUT2D eigenvalue weighted by molar-refractivity contribution is 0.473. The Morgan fingerprint density at radius 2 is 1.09 bits per heavy atom. The lowest BCUT2D eigenvalue weighted by Crippen LogP contribution is -2.29. The summed E-state index contributed by atoms with van der Waals surface area (Å²) in [6.45, 7) is 2.22. The molecule has 0 saturated carbocycles. The van der Waals surface area contributed by atoms with E-state index in [0.717, 1.165) is 12.8 Å². The number of hydrogen-bond acceptors (Lipinski definition) is 1. The van der Waals surface area contributed by atoms with E-state index in [1.807, 2.05) is 12.1 Å². The minimum atomic E-state index is -0.190. The van der Waals surface area contributed by atoms with Crippen LogP contribution in [0.1, 0.15) is 36.5 Å². The van der Waals surface area contributed by atoms with E-state index in [0.29, 0.717) is 5.75 Å². The van der Waals surface area contributed by atoms with Gasteiger partial charge in [0.1, 0.15) is 5.75 Å². The lowest BCUT2D eigenvalue weighted by atomic mass is 9.67. The fraction of sp³-hybridized carbons (Fsp3) is 0.182. The van der Waals surface area contributed by atoms with Crippen LogP contribution in [0.4, 0.5) is 0 Å². The molecule has 0 atom stereocenters. The summed E-state index contributed by atoms with van der Waals surface area (Å²) in [6.07, 6.45) is 2.09. The first kappa shape index (κ1) is 15.4. The number of aromatic hydroxyl groups is 1. The lowest BCUT2D eigenvalue weighted by Gasteiger charge is -2.36. The molecule has 1 N–H and O–H groups in total. The summed E-state index contributed by atoms with van der Waals surface area (Å²) < 4.78 is 0. The average molecular weight is 302 g/mol. The van der Waals surface area contributed by atoms with E-state index < -0.39 is 0 Å². The SMILES string of the molecule is CCCC(c1ccccc1)(c1ccccc1)c1ccc(O)cc1. The molecule has 0 fully saturated rings.